The van der Waals surface area contributed by atoms with Crippen molar-refractivity contribution >= 4 is 11.9 Å². The summed E-state index contributed by atoms with van der Waals surface area (Å²) in [6.45, 7) is 5.80. The van der Waals surface area contributed by atoms with Crippen molar-refractivity contribution in [2.75, 3.05) is 6.54 Å². The third kappa shape index (κ3) is 2.43. The summed E-state index contributed by atoms with van der Waals surface area (Å²) in [5.74, 6) is -1.29. The third-order valence-electron chi connectivity index (χ3n) is 3.48. The van der Waals surface area contributed by atoms with Gasteiger partial charge in [0.05, 0.1) is 17.1 Å². The van der Waals surface area contributed by atoms with Crippen LogP contribution in [-0.4, -0.2) is 44.4 Å². The number of carboxylic acids is 1. The number of carbonyl (C=O) groups is 2. The zero-order valence-corrected chi connectivity index (χ0v) is 11.3. The molecular weight excluding hydrogens is 246 g/mol. The van der Waals surface area contributed by atoms with Gasteiger partial charge in [0.25, 0.3) is 5.91 Å². The number of aliphatic carboxylic acids is 1. The Morgan fingerprint density at radius 1 is 1.16 bits per heavy atom. The fourth-order valence-electron chi connectivity index (χ4n) is 2.32. The van der Waals surface area contributed by atoms with Crippen LogP contribution in [0.5, 0.6) is 0 Å². The summed E-state index contributed by atoms with van der Waals surface area (Å²) in [5.41, 5.74) is 2.28. The number of hydrogen-bond acceptors (Lipinski definition) is 4. The molecule has 19 heavy (non-hydrogen) atoms. The van der Waals surface area contributed by atoms with Crippen LogP contribution in [0.4, 0.5) is 0 Å². The van der Waals surface area contributed by atoms with Gasteiger partial charge >= 0.3 is 5.97 Å². The standard InChI is InChI=1S/C13H17N3O3/c1-7-8(2)15-11(9(3)14-7)12(17)16-6-4-5-10(16)13(18)19/h10H,4-6H2,1-3H3,(H,18,19). The second-order valence-electron chi connectivity index (χ2n) is 4.82. The molecule has 1 N–H and O–H groups in total. The number of aryl methyl sites for hydroxylation is 3. The molecule has 1 aliphatic rings. The first-order chi connectivity index (χ1) is 8.91. The second-order valence-corrected chi connectivity index (χ2v) is 4.82. The molecule has 1 fully saturated rings. The number of carbonyl (C=O) groups excluding carboxylic acids is 1. The van der Waals surface area contributed by atoms with Crippen molar-refractivity contribution in [1.82, 2.24) is 14.9 Å². The minimum Gasteiger partial charge on any atom is -0.480 e. The molecule has 1 amide bonds. The predicted octanol–water partition coefficient (Wildman–Crippen LogP) is 1.09. The minimum atomic E-state index is -0.958. The van der Waals surface area contributed by atoms with Gasteiger partial charge in [-0.3, -0.25) is 9.78 Å². The molecule has 1 atom stereocenters. The normalized spacial score (nSPS) is 18.7. The maximum atomic E-state index is 12.4. The summed E-state index contributed by atoms with van der Waals surface area (Å²) in [7, 11) is 0. The number of likely N-dealkylation sites (tertiary alicyclic amines) is 1. The van der Waals surface area contributed by atoms with Gasteiger partial charge < -0.3 is 10.0 Å². The van der Waals surface area contributed by atoms with E-state index in [-0.39, 0.29) is 11.6 Å². The number of hydrogen-bond donors (Lipinski definition) is 1. The summed E-state index contributed by atoms with van der Waals surface area (Å²) < 4.78 is 0. The second kappa shape index (κ2) is 4.95. The Hall–Kier alpha value is -1.98. The molecule has 2 rings (SSSR count). The highest BCUT2D eigenvalue weighted by molar-refractivity contribution is 5.96. The highest BCUT2D eigenvalue weighted by atomic mass is 16.4. The van der Waals surface area contributed by atoms with Gasteiger partial charge in [0, 0.05) is 6.54 Å². The Morgan fingerprint density at radius 2 is 1.79 bits per heavy atom. The Morgan fingerprint density at radius 3 is 2.42 bits per heavy atom. The Balaban J connectivity index is 2.34. The number of aromatic nitrogens is 2. The molecule has 1 saturated heterocycles. The van der Waals surface area contributed by atoms with Crippen molar-refractivity contribution in [3.63, 3.8) is 0 Å². The first-order valence-corrected chi connectivity index (χ1v) is 6.27. The highest BCUT2D eigenvalue weighted by Gasteiger charge is 2.35. The third-order valence-corrected chi connectivity index (χ3v) is 3.48. The van der Waals surface area contributed by atoms with Crippen molar-refractivity contribution in [2.24, 2.45) is 0 Å². The zero-order valence-electron chi connectivity index (χ0n) is 11.3. The summed E-state index contributed by atoms with van der Waals surface area (Å²) in [5, 5.41) is 9.12. The quantitative estimate of drug-likeness (QED) is 0.863. The molecule has 0 aromatic carbocycles. The number of rotatable bonds is 2. The van der Waals surface area contributed by atoms with E-state index >= 15 is 0 Å². The Bertz CT molecular complexity index is 542. The Labute approximate surface area is 111 Å². The number of amides is 1. The molecule has 6 heteroatoms. The summed E-state index contributed by atoms with van der Waals surface area (Å²) in [6, 6.07) is -0.740. The summed E-state index contributed by atoms with van der Waals surface area (Å²) in [4.78, 5) is 33.5. The molecule has 102 valence electrons. The summed E-state index contributed by atoms with van der Waals surface area (Å²) in [6.07, 6.45) is 1.21. The fraction of sp³-hybridized carbons (Fsp3) is 0.538. The van der Waals surface area contributed by atoms with Crippen LogP contribution in [0.25, 0.3) is 0 Å². The van der Waals surface area contributed by atoms with E-state index in [9.17, 15) is 9.59 Å². The molecule has 6 nitrogen and oxygen atoms in total. The molecule has 0 spiro atoms. The van der Waals surface area contributed by atoms with Crippen molar-refractivity contribution in [3.8, 4) is 0 Å². The van der Waals surface area contributed by atoms with E-state index in [0.29, 0.717) is 30.8 Å². The van der Waals surface area contributed by atoms with Gasteiger partial charge in [-0.15, -0.1) is 0 Å². The molecule has 1 aromatic rings. The number of carboxylic acid groups (broad SMARTS) is 1. The van der Waals surface area contributed by atoms with Crippen LogP contribution in [0.15, 0.2) is 0 Å². The van der Waals surface area contributed by atoms with Gasteiger partial charge in [-0.25, -0.2) is 9.78 Å². The monoisotopic (exact) mass is 263 g/mol. The molecule has 2 heterocycles. The van der Waals surface area contributed by atoms with Crippen LogP contribution >= 0.6 is 0 Å². The average Bonchev–Trinajstić information content (AvgIpc) is 2.82. The van der Waals surface area contributed by atoms with Gasteiger partial charge in [0.2, 0.25) is 0 Å². The molecule has 0 radical (unpaired) electrons. The van der Waals surface area contributed by atoms with E-state index in [0.717, 1.165) is 5.69 Å². The Kier molecular flexibility index (Phi) is 3.50. The highest BCUT2D eigenvalue weighted by Crippen LogP contribution is 2.21. The van der Waals surface area contributed by atoms with Crippen LogP contribution in [0.1, 0.15) is 40.4 Å². The van der Waals surface area contributed by atoms with Crippen molar-refractivity contribution in [1.29, 1.82) is 0 Å². The van der Waals surface area contributed by atoms with Crippen LogP contribution in [0.3, 0.4) is 0 Å². The lowest BCUT2D eigenvalue weighted by molar-refractivity contribution is -0.141. The molecule has 1 aliphatic heterocycles. The topological polar surface area (TPSA) is 83.4 Å². The fourth-order valence-corrected chi connectivity index (χ4v) is 2.32. The molecule has 1 aromatic heterocycles. The van der Waals surface area contributed by atoms with E-state index in [1.54, 1.807) is 13.8 Å². The van der Waals surface area contributed by atoms with E-state index in [1.807, 2.05) is 6.92 Å². The van der Waals surface area contributed by atoms with E-state index in [4.69, 9.17) is 5.11 Å². The average molecular weight is 263 g/mol. The maximum Gasteiger partial charge on any atom is 0.326 e. The SMILES string of the molecule is Cc1nc(C)c(C(=O)N2CCCC2C(=O)O)nc1C. The van der Waals surface area contributed by atoms with Crippen molar-refractivity contribution in [2.45, 2.75) is 39.7 Å². The van der Waals surface area contributed by atoms with Crippen LogP contribution in [0.2, 0.25) is 0 Å². The smallest absolute Gasteiger partial charge is 0.326 e. The van der Waals surface area contributed by atoms with Gasteiger partial charge in [0.15, 0.2) is 0 Å². The summed E-state index contributed by atoms with van der Waals surface area (Å²) >= 11 is 0. The largest absolute Gasteiger partial charge is 0.480 e. The number of nitrogens with zero attached hydrogens (tertiary/aromatic N) is 3. The molecule has 0 saturated carbocycles. The van der Waals surface area contributed by atoms with Gasteiger partial charge in [0.1, 0.15) is 11.7 Å². The van der Waals surface area contributed by atoms with Crippen LogP contribution < -0.4 is 0 Å². The zero-order chi connectivity index (χ0) is 14.2. The first-order valence-electron chi connectivity index (χ1n) is 6.27. The van der Waals surface area contributed by atoms with Crippen molar-refractivity contribution in [3.05, 3.63) is 22.8 Å². The molecule has 0 aliphatic carbocycles. The lowest BCUT2D eigenvalue weighted by atomic mass is 10.2. The molecule has 1 unspecified atom stereocenters. The lowest BCUT2D eigenvalue weighted by Crippen LogP contribution is -2.41. The lowest BCUT2D eigenvalue weighted by Gasteiger charge is -2.21. The molecular formula is C13H17N3O3. The van der Waals surface area contributed by atoms with Crippen LogP contribution in [-0.2, 0) is 4.79 Å². The van der Waals surface area contributed by atoms with Gasteiger partial charge in [-0.05, 0) is 33.6 Å². The first kappa shape index (κ1) is 13.5. The van der Waals surface area contributed by atoms with Crippen molar-refractivity contribution < 1.29 is 14.7 Å². The van der Waals surface area contributed by atoms with E-state index in [2.05, 4.69) is 9.97 Å². The van der Waals surface area contributed by atoms with E-state index in [1.165, 1.54) is 4.90 Å². The maximum absolute atomic E-state index is 12.4. The van der Waals surface area contributed by atoms with Gasteiger partial charge in [-0.1, -0.05) is 0 Å². The molecule has 0 bridgehead atoms. The van der Waals surface area contributed by atoms with Gasteiger partial charge in [-0.2, -0.15) is 0 Å². The van der Waals surface area contributed by atoms with E-state index < -0.39 is 12.0 Å². The predicted molar refractivity (Wildman–Crippen MR) is 67.9 cm³/mol. The minimum absolute atomic E-state index is 0.260. The van der Waals surface area contributed by atoms with Crippen LogP contribution in [0, 0.1) is 20.8 Å².